The molecule has 0 fully saturated rings. The maximum absolute atomic E-state index is 2.52. The fourth-order valence-electron chi connectivity index (χ4n) is 9.89. The third kappa shape index (κ3) is 4.66. The van der Waals surface area contributed by atoms with Crippen molar-refractivity contribution in [2.75, 3.05) is 4.90 Å². The molecule has 0 heterocycles. The van der Waals surface area contributed by atoms with Crippen molar-refractivity contribution < 1.29 is 0 Å². The summed E-state index contributed by atoms with van der Waals surface area (Å²) in [4.78, 5) is 2.52. The Morgan fingerprint density at radius 1 is 0.327 bits per heavy atom. The van der Waals surface area contributed by atoms with Gasteiger partial charge in [-0.1, -0.05) is 161 Å². The molecular formula is C54H41N. The van der Waals surface area contributed by atoms with Crippen molar-refractivity contribution in [3.8, 4) is 33.4 Å². The molecule has 0 amide bonds. The molecule has 0 bridgehead atoms. The van der Waals surface area contributed by atoms with Crippen molar-refractivity contribution in [1.29, 1.82) is 0 Å². The highest BCUT2D eigenvalue weighted by molar-refractivity contribution is 6.14. The van der Waals surface area contributed by atoms with Gasteiger partial charge in [-0.15, -0.1) is 0 Å². The Kier molecular flexibility index (Phi) is 6.72. The lowest BCUT2D eigenvalue weighted by molar-refractivity contribution is 0.660. The molecule has 9 aromatic rings. The smallest absolute Gasteiger partial charge is 0.0546 e. The average Bonchev–Trinajstić information content (AvgIpc) is 3.59. The van der Waals surface area contributed by atoms with Crippen LogP contribution in [0.15, 0.2) is 176 Å². The molecule has 0 aromatic heterocycles. The van der Waals surface area contributed by atoms with Gasteiger partial charge in [0.2, 0.25) is 0 Å². The molecule has 0 N–H and O–H groups in total. The second kappa shape index (κ2) is 11.5. The molecule has 0 aliphatic heterocycles. The maximum Gasteiger partial charge on any atom is 0.0546 e. The van der Waals surface area contributed by atoms with Gasteiger partial charge in [0, 0.05) is 27.6 Å². The number of nitrogens with zero attached hydrogens (tertiary/aromatic N) is 1. The third-order valence-corrected chi connectivity index (χ3v) is 12.8. The minimum absolute atomic E-state index is 0.108. The van der Waals surface area contributed by atoms with Gasteiger partial charge < -0.3 is 4.90 Å². The summed E-state index contributed by atoms with van der Waals surface area (Å²) in [6, 6.07) is 65.9. The summed E-state index contributed by atoms with van der Waals surface area (Å²) < 4.78 is 0. The average molecular weight is 704 g/mol. The van der Waals surface area contributed by atoms with Gasteiger partial charge in [0.25, 0.3) is 0 Å². The zero-order valence-electron chi connectivity index (χ0n) is 31.7. The molecular weight excluding hydrogens is 663 g/mol. The third-order valence-electron chi connectivity index (χ3n) is 12.8. The van der Waals surface area contributed by atoms with Gasteiger partial charge in [-0.25, -0.2) is 0 Å². The summed E-state index contributed by atoms with van der Waals surface area (Å²) in [6.45, 7) is 9.55. The molecule has 1 nitrogen and oxygen atoms in total. The van der Waals surface area contributed by atoms with Crippen LogP contribution in [0.25, 0.3) is 65.7 Å². The predicted molar refractivity (Wildman–Crippen MR) is 234 cm³/mol. The van der Waals surface area contributed by atoms with E-state index in [1.807, 2.05) is 0 Å². The highest BCUT2D eigenvalue weighted by Crippen LogP contribution is 2.54. The summed E-state index contributed by atoms with van der Waals surface area (Å²) in [5.41, 5.74) is 16.6. The van der Waals surface area contributed by atoms with Crippen molar-refractivity contribution in [3.05, 3.63) is 198 Å². The molecule has 0 saturated heterocycles. The van der Waals surface area contributed by atoms with Crippen LogP contribution in [-0.4, -0.2) is 0 Å². The molecule has 0 saturated carbocycles. The van der Waals surface area contributed by atoms with Gasteiger partial charge >= 0.3 is 0 Å². The fourth-order valence-corrected chi connectivity index (χ4v) is 9.89. The molecule has 55 heavy (non-hydrogen) atoms. The SMILES string of the molecule is CC1(C)c2ccccc2-c2ccc(N(c3ccc4c(c3)C(C)(C)c3cc(-c5ccc6ccccc6c5)ccc3-4)c3cc4ccccc4c4ccccc34)cc21. The van der Waals surface area contributed by atoms with Crippen LogP contribution in [0.1, 0.15) is 49.9 Å². The molecule has 0 unspecified atom stereocenters. The van der Waals surface area contributed by atoms with E-state index in [0.717, 1.165) is 0 Å². The molecule has 262 valence electrons. The van der Waals surface area contributed by atoms with Gasteiger partial charge in [0.1, 0.15) is 0 Å². The van der Waals surface area contributed by atoms with Gasteiger partial charge in [0.05, 0.1) is 5.69 Å². The number of hydrogen-bond acceptors (Lipinski definition) is 1. The van der Waals surface area contributed by atoms with Crippen molar-refractivity contribution in [2.45, 2.75) is 38.5 Å². The molecule has 1 heteroatoms. The Balaban J connectivity index is 1.10. The van der Waals surface area contributed by atoms with E-state index in [-0.39, 0.29) is 10.8 Å². The van der Waals surface area contributed by atoms with E-state index < -0.39 is 0 Å². The topological polar surface area (TPSA) is 3.24 Å². The molecule has 0 radical (unpaired) electrons. The zero-order valence-corrected chi connectivity index (χ0v) is 31.7. The van der Waals surface area contributed by atoms with E-state index in [9.17, 15) is 0 Å². The largest absolute Gasteiger partial charge is 0.310 e. The van der Waals surface area contributed by atoms with E-state index in [0.29, 0.717) is 0 Å². The minimum Gasteiger partial charge on any atom is -0.310 e. The standard InChI is InChI=1S/C54H41N/c1-53(2)48-20-12-11-18-43(48)45-27-24-39(32-50(45)53)55(52-31-38-15-7-8-16-41(38)42-17-9-10-19-47(42)52)40-25-28-46-44-26-23-37(30-49(44)54(3,4)51(46)33-40)36-22-21-34-13-5-6-14-35(34)29-36/h5-33H,1-4H3. The predicted octanol–water partition coefficient (Wildman–Crippen LogP) is 14.9. The van der Waals surface area contributed by atoms with Gasteiger partial charge in [-0.05, 0) is 125 Å². The highest BCUT2D eigenvalue weighted by atomic mass is 15.1. The number of anilines is 3. The monoisotopic (exact) mass is 703 g/mol. The molecule has 9 aromatic carbocycles. The Morgan fingerprint density at radius 2 is 0.818 bits per heavy atom. The van der Waals surface area contributed by atoms with Crippen LogP contribution in [0.3, 0.4) is 0 Å². The summed E-state index contributed by atoms with van der Waals surface area (Å²) in [5, 5.41) is 7.57. The van der Waals surface area contributed by atoms with Crippen molar-refractivity contribution in [1.82, 2.24) is 0 Å². The van der Waals surface area contributed by atoms with Gasteiger partial charge in [0.15, 0.2) is 0 Å². The van der Waals surface area contributed by atoms with E-state index in [1.54, 1.807) is 0 Å². The Hall–Kier alpha value is -6.44. The molecule has 0 spiro atoms. The van der Waals surface area contributed by atoms with E-state index in [1.165, 1.54) is 105 Å². The lowest BCUT2D eigenvalue weighted by atomic mass is 9.81. The van der Waals surface area contributed by atoms with Crippen LogP contribution < -0.4 is 4.90 Å². The number of fused-ring (bicyclic) bond motifs is 10. The summed E-state index contributed by atoms with van der Waals surface area (Å²) in [7, 11) is 0. The van der Waals surface area contributed by atoms with E-state index >= 15 is 0 Å². The van der Waals surface area contributed by atoms with Crippen LogP contribution in [-0.2, 0) is 10.8 Å². The Bertz CT molecular complexity index is 3050. The van der Waals surface area contributed by atoms with E-state index in [4.69, 9.17) is 0 Å². The van der Waals surface area contributed by atoms with Gasteiger partial charge in [-0.2, -0.15) is 0 Å². The van der Waals surface area contributed by atoms with Crippen molar-refractivity contribution in [2.24, 2.45) is 0 Å². The molecule has 11 rings (SSSR count). The number of rotatable bonds is 4. The normalized spacial score (nSPS) is 14.5. The van der Waals surface area contributed by atoms with Crippen LogP contribution in [0.4, 0.5) is 17.1 Å². The molecule has 2 aliphatic carbocycles. The first-order chi connectivity index (χ1) is 26.8. The second-order valence-corrected chi connectivity index (χ2v) is 16.6. The minimum atomic E-state index is -0.188. The second-order valence-electron chi connectivity index (χ2n) is 16.6. The first-order valence-electron chi connectivity index (χ1n) is 19.5. The zero-order chi connectivity index (χ0) is 37.1. The van der Waals surface area contributed by atoms with Crippen molar-refractivity contribution in [3.63, 3.8) is 0 Å². The van der Waals surface area contributed by atoms with Gasteiger partial charge in [-0.3, -0.25) is 0 Å². The number of benzene rings is 9. The quantitative estimate of drug-likeness (QED) is 0.165. The molecule has 0 atom stereocenters. The van der Waals surface area contributed by atoms with Crippen LogP contribution in [0.5, 0.6) is 0 Å². The molecule has 2 aliphatic rings. The summed E-state index contributed by atoms with van der Waals surface area (Å²) in [6.07, 6.45) is 0. The van der Waals surface area contributed by atoms with Crippen LogP contribution >= 0.6 is 0 Å². The lowest BCUT2D eigenvalue weighted by Crippen LogP contribution is -2.18. The Labute approximate surface area is 323 Å². The highest BCUT2D eigenvalue weighted by Gasteiger charge is 2.38. The lowest BCUT2D eigenvalue weighted by Gasteiger charge is -2.31. The first-order valence-corrected chi connectivity index (χ1v) is 19.5. The van der Waals surface area contributed by atoms with Crippen LogP contribution in [0, 0.1) is 0 Å². The maximum atomic E-state index is 2.52. The Morgan fingerprint density at radius 3 is 1.55 bits per heavy atom. The fraction of sp³-hybridized carbons (Fsp3) is 0.111. The van der Waals surface area contributed by atoms with E-state index in [2.05, 4.69) is 209 Å². The van der Waals surface area contributed by atoms with Crippen LogP contribution in [0.2, 0.25) is 0 Å². The first kappa shape index (κ1) is 32.0. The number of hydrogen-bond donors (Lipinski definition) is 0. The summed E-state index contributed by atoms with van der Waals surface area (Å²) in [5.74, 6) is 0. The summed E-state index contributed by atoms with van der Waals surface area (Å²) >= 11 is 0. The van der Waals surface area contributed by atoms with Crippen molar-refractivity contribution >= 4 is 49.4 Å².